The highest BCUT2D eigenvalue weighted by molar-refractivity contribution is 7.79. The van der Waals surface area contributed by atoms with Gasteiger partial charge in [-0.25, -0.2) is 9.97 Å². The molecule has 0 bridgehead atoms. The number of rotatable bonds is 5. The maximum Gasteiger partial charge on any atom is 0.159 e. The molecule has 4 aromatic heterocycles. The Hall–Kier alpha value is -5.35. The van der Waals surface area contributed by atoms with E-state index in [1.807, 2.05) is 77.0 Å². The Balaban J connectivity index is 0.000000625. The van der Waals surface area contributed by atoms with Crippen LogP contribution in [0.15, 0.2) is 122 Å². The standard InChI is InChI=1S/C36H26N6.C2H8N2.CH4S/c1-41-33-15-5-3-13-29(33)39-35(41)31-19-17-23(21-37-31)25-9-7-12-28-26(10-8-11-27(25)28)24-18-20-32(38-22-24)36-40-30-14-4-6-16-34(30)42(36)2;1-3-4-2;1-2/h3-22H,1-2H3;3-4H,1-2H3;2H,1H3. The van der Waals surface area contributed by atoms with Gasteiger partial charge in [0.1, 0.15) is 11.4 Å². The zero-order valence-corrected chi connectivity index (χ0v) is 28.6. The molecule has 0 saturated heterocycles. The molecule has 8 rings (SSSR count). The molecule has 8 nitrogen and oxygen atoms in total. The fourth-order valence-electron chi connectivity index (χ4n) is 5.93. The van der Waals surface area contributed by atoms with E-state index in [1.54, 1.807) is 6.26 Å². The lowest BCUT2D eigenvalue weighted by atomic mass is 9.94. The van der Waals surface area contributed by atoms with Crippen molar-refractivity contribution in [2.24, 2.45) is 14.1 Å². The number of benzene rings is 4. The molecule has 4 heterocycles. The van der Waals surface area contributed by atoms with Crippen LogP contribution in [0.3, 0.4) is 0 Å². The fraction of sp³-hybridized carbons (Fsp3) is 0.128. The van der Waals surface area contributed by atoms with E-state index in [0.717, 1.165) is 67.4 Å². The molecule has 2 N–H and O–H groups in total. The minimum absolute atomic E-state index is 0.852. The molecule has 0 aliphatic heterocycles. The van der Waals surface area contributed by atoms with Crippen LogP contribution in [0, 0.1) is 0 Å². The predicted octanol–water partition coefficient (Wildman–Crippen LogP) is 7.96. The number of nitrogens with zero attached hydrogens (tertiary/aromatic N) is 6. The Morgan fingerprint density at radius 3 is 1.27 bits per heavy atom. The number of hydrazine groups is 1. The largest absolute Gasteiger partial charge is 0.326 e. The van der Waals surface area contributed by atoms with Gasteiger partial charge in [-0.1, -0.05) is 72.8 Å². The van der Waals surface area contributed by atoms with E-state index in [0.29, 0.717) is 0 Å². The zero-order chi connectivity index (χ0) is 33.6. The summed E-state index contributed by atoms with van der Waals surface area (Å²) in [6.45, 7) is 0. The molecule has 0 amide bonds. The molecule has 240 valence electrons. The SMILES string of the molecule is CNNC.CS.Cn1c(-c2ccc(-c3cccc4c(-c5ccc(-c6nc7ccccc7n6C)nc5)cccc34)cn2)nc2ccccc21. The highest BCUT2D eigenvalue weighted by atomic mass is 32.1. The third-order valence-electron chi connectivity index (χ3n) is 8.35. The minimum atomic E-state index is 0.852. The fourth-order valence-corrected chi connectivity index (χ4v) is 5.93. The average Bonchev–Trinajstić information content (AvgIpc) is 3.68. The predicted molar refractivity (Wildman–Crippen MR) is 203 cm³/mol. The van der Waals surface area contributed by atoms with Crippen molar-refractivity contribution >= 4 is 45.5 Å². The van der Waals surface area contributed by atoms with E-state index in [4.69, 9.17) is 19.9 Å². The third-order valence-corrected chi connectivity index (χ3v) is 8.35. The summed E-state index contributed by atoms with van der Waals surface area (Å²) in [4.78, 5) is 19.3. The van der Waals surface area contributed by atoms with Crippen LogP contribution in [0.1, 0.15) is 0 Å². The molecule has 0 atom stereocenters. The number of fused-ring (bicyclic) bond motifs is 3. The third kappa shape index (κ3) is 6.18. The smallest absolute Gasteiger partial charge is 0.159 e. The lowest BCUT2D eigenvalue weighted by molar-refractivity contribution is 0.689. The molecular formula is C39H38N8S. The summed E-state index contributed by atoms with van der Waals surface area (Å²) in [6, 6.07) is 37.6. The van der Waals surface area contributed by atoms with Crippen LogP contribution in [0.25, 0.3) is 78.1 Å². The number of aryl methyl sites for hydroxylation is 2. The molecule has 9 heteroatoms. The van der Waals surface area contributed by atoms with Gasteiger partial charge in [0.25, 0.3) is 0 Å². The lowest BCUT2D eigenvalue weighted by Crippen LogP contribution is -2.21. The first-order valence-electron chi connectivity index (χ1n) is 15.6. The Morgan fingerprint density at radius 1 is 0.500 bits per heavy atom. The van der Waals surface area contributed by atoms with Crippen LogP contribution in [0.4, 0.5) is 0 Å². The Morgan fingerprint density at radius 2 is 0.917 bits per heavy atom. The maximum atomic E-state index is 4.83. The van der Waals surface area contributed by atoms with Crippen molar-refractivity contribution in [2.75, 3.05) is 20.4 Å². The summed E-state index contributed by atoms with van der Waals surface area (Å²) in [5, 5.41) is 2.35. The Labute approximate surface area is 285 Å². The molecular weight excluding hydrogens is 613 g/mol. The highest BCUT2D eigenvalue weighted by Gasteiger charge is 2.14. The van der Waals surface area contributed by atoms with Crippen LogP contribution < -0.4 is 10.9 Å². The number of nitrogens with one attached hydrogen (secondary N) is 2. The summed E-state index contributed by atoms with van der Waals surface area (Å²) < 4.78 is 4.19. The van der Waals surface area contributed by atoms with Gasteiger partial charge in [-0.3, -0.25) is 20.8 Å². The van der Waals surface area contributed by atoms with Crippen LogP contribution in [-0.4, -0.2) is 49.4 Å². The number of pyridine rings is 2. The van der Waals surface area contributed by atoms with Crippen molar-refractivity contribution in [3.05, 3.63) is 122 Å². The van der Waals surface area contributed by atoms with Gasteiger partial charge in [0.05, 0.1) is 22.1 Å². The molecule has 0 radical (unpaired) electrons. The number of thiol groups is 1. The number of hydrogen-bond acceptors (Lipinski definition) is 7. The van der Waals surface area contributed by atoms with Crippen LogP contribution >= 0.6 is 12.6 Å². The van der Waals surface area contributed by atoms with Gasteiger partial charge in [0.15, 0.2) is 11.6 Å². The second-order valence-electron chi connectivity index (χ2n) is 11.0. The summed E-state index contributed by atoms with van der Waals surface area (Å²) in [7, 11) is 7.71. The van der Waals surface area contributed by atoms with Crippen molar-refractivity contribution in [1.29, 1.82) is 0 Å². The number of hydrogen-bond donors (Lipinski definition) is 3. The van der Waals surface area contributed by atoms with E-state index in [9.17, 15) is 0 Å². The van der Waals surface area contributed by atoms with Gasteiger partial charge in [-0.2, -0.15) is 12.6 Å². The number of para-hydroxylation sites is 4. The molecule has 8 aromatic rings. The molecule has 0 aliphatic carbocycles. The minimum Gasteiger partial charge on any atom is -0.326 e. The van der Waals surface area contributed by atoms with Gasteiger partial charge in [0.2, 0.25) is 0 Å². The van der Waals surface area contributed by atoms with E-state index in [2.05, 4.69) is 105 Å². The summed E-state index contributed by atoms with van der Waals surface area (Å²) in [6.07, 6.45) is 5.59. The zero-order valence-electron chi connectivity index (χ0n) is 27.7. The maximum absolute atomic E-state index is 4.83. The Bertz CT molecular complexity index is 2140. The second kappa shape index (κ2) is 14.6. The van der Waals surface area contributed by atoms with E-state index in [1.165, 1.54) is 10.8 Å². The number of imidazole rings is 2. The van der Waals surface area contributed by atoms with Crippen molar-refractivity contribution in [1.82, 2.24) is 39.9 Å². The summed E-state index contributed by atoms with van der Waals surface area (Å²) in [5.41, 5.74) is 15.6. The molecule has 4 aromatic carbocycles. The first-order chi connectivity index (χ1) is 23.6. The number of aromatic nitrogens is 6. The van der Waals surface area contributed by atoms with Gasteiger partial charge in [-0.15, -0.1) is 0 Å². The van der Waals surface area contributed by atoms with Crippen molar-refractivity contribution in [3.63, 3.8) is 0 Å². The summed E-state index contributed by atoms with van der Waals surface area (Å²) >= 11 is 3.53. The van der Waals surface area contributed by atoms with Gasteiger partial charge in [-0.05, 0) is 78.6 Å². The molecule has 0 saturated carbocycles. The van der Waals surface area contributed by atoms with Crippen LogP contribution in [0.5, 0.6) is 0 Å². The van der Waals surface area contributed by atoms with Gasteiger partial charge >= 0.3 is 0 Å². The molecule has 48 heavy (non-hydrogen) atoms. The molecule has 0 fully saturated rings. The second-order valence-corrected chi connectivity index (χ2v) is 11.0. The summed E-state index contributed by atoms with van der Waals surface area (Å²) in [5.74, 6) is 1.72. The normalized spacial score (nSPS) is 10.9. The quantitative estimate of drug-likeness (QED) is 0.130. The lowest BCUT2D eigenvalue weighted by Gasteiger charge is -2.12. The monoisotopic (exact) mass is 650 g/mol. The van der Waals surface area contributed by atoms with Crippen molar-refractivity contribution in [2.45, 2.75) is 0 Å². The van der Waals surface area contributed by atoms with Gasteiger partial charge < -0.3 is 9.13 Å². The van der Waals surface area contributed by atoms with Crippen molar-refractivity contribution < 1.29 is 0 Å². The van der Waals surface area contributed by atoms with E-state index in [-0.39, 0.29) is 0 Å². The highest BCUT2D eigenvalue weighted by Crippen LogP contribution is 2.35. The van der Waals surface area contributed by atoms with E-state index >= 15 is 0 Å². The van der Waals surface area contributed by atoms with E-state index < -0.39 is 0 Å². The topological polar surface area (TPSA) is 85.5 Å². The first kappa shape index (κ1) is 32.6. The van der Waals surface area contributed by atoms with Gasteiger partial charge in [0, 0.05) is 37.6 Å². The molecule has 0 aliphatic rings. The van der Waals surface area contributed by atoms with Crippen molar-refractivity contribution in [3.8, 4) is 45.3 Å². The Kier molecular flexibility index (Phi) is 9.91. The molecule has 0 spiro atoms. The molecule has 0 unspecified atom stereocenters. The van der Waals surface area contributed by atoms with Crippen LogP contribution in [-0.2, 0) is 14.1 Å². The first-order valence-corrected chi connectivity index (χ1v) is 16.5. The average molecular weight is 651 g/mol. The van der Waals surface area contributed by atoms with Crippen LogP contribution in [0.2, 0.25) is 0 Å².